The Morgan fingerprint density at radius 2 is 2.06 bits per heavy atom. The normalized spacial score (nSPS) is 12.8. The van der Waals surface area contributed by atoms with Crippen LogP contribution in [0.15, 0.2) is 46.9 Å². The number of rotatable bonds is 5. The predicted molar refractivity (Wildman–Crippen MR) is 131 cm³/mol. The van der Waals surface area contributed by atoms with Gasteiger partial charge in [-0.15, -0.1) is 11.3 Å². The zero-order chi connectivity index (χ0) is 22.8. The fourth-order valence-electron chi connectivity index (χ4n) is 3.26. The van der Waals surface area contributed by atoms with E-state index in [1.807, 2.05) is 23.6 Å². The van der Waals surface area contributed by atoms with E-state index in [0.29, 0.717) is 23.6 Å². The second kappa shape index (κ2) is 9.15. The maximum atomic E-state index is 11.1. The third kappa shape index (κ3) is 4.55. The van der Waals surface area contributed by atoms with Crippen LogP contribution in [-0.2, 0) is 6.42 Å². The number of aromatic carboxylic acids is 1. The third-order valence-corrected chi connectivity index (χ3v) is 6.41. The number of thiophene rings is 1. The molecular weight excluding hydrogens is 470 g/mol. The number of hydrogen-bond donors (Lipinski definition) is 4. The second-order valence-corrected chi connectivity index (χ2v) is 8.71. The molecule has 4 rings (SSSR count). The smallest absolute Gasteiger partial charge is 0.337 e. The summed E-state index contributed by atoms with van der Waals surface area (Å²) in [6.45, 7) is 2.44. The minimum atomic E-state index is -1.11. The molecule has 0 radical (unpaired) electrons. The number of thiocarbonyl (C=S) groups is 1. The van der Waals surface area contributed by atoms with Gasteiger partial charge in [-0.2, -0.15) is 5.10 Å². The highest BCUT2D eigenvalue weighted by Gasteiger charge is 2.18. The molecule has 0 saturated carbocycles. The van der Waals surface area contributed by atoms with Crippen LogP contribution in [0.1, 0.15) is 28.4 Å². The lowest BCUT2D eigenvalue weighted by Gasteiger charge is -2.09. The van der Waals surface area contributed by atoms with Gasteiger partial charge in [0.15, 0.2) is 5.11 Å². The Hall–Kier alpha value is -3.14. The van der Waals surface area contributed by atoms with Crippen molar-refractivity contribution in [2.24, 2.45) is 5.10 Å². The van der Waals surface area contributed by atoms with Gasteiger partial charge in [-0.05, 0) is 66.7 Å². The maximum Gasteiger partial charge on any atom is 0.337 e. The van der Waals surface area contributed by atoms with Crippen molar-refractivity contribution in [3.63, 3.8) is 0 Å². The van der Waals surface area contributed by atoms with Gasteiger partial charge in [0.2, 0.25) is 0 Å². The van der Waals surface area contributed by atoms with Gasteiger partial charge in [-0.25, -0.2) is 4.79 Å². The summed E-state index contributed by atoms with van der Waals surface area (Å²) in [6.07, 6.45) is 0.862. The van der Waals surface area contributed by atoms with Gasteiger partial charge in [-0.3, -0.25) is 5.43 Å². The molecule has 7 nitrogen and oxygen atoms in total. The van der Waals surface area contributed by atoms with Crippen LogP contribution in [0.2, 0.25) is 5.02 Å². The van der Waals surface area contributed by atoms with Crippen molar-refractivity contribution in [1.82, 2.24) is 5.43 Å². The van der Waals surface area contributed by atoms with E-state index in [0.717, 1.165) is 28.2 Å². The van der Waals surface area contributed by atoms with Gasteiger partial charge in [0.05, 0.1) is 33.3 Å². The van der Waals surface area contributed by atoms with E-state index in [-0.39, 0.29) is 21.4 Å². The largest absolute Gasteiger partial charge is 0.506 e. The van der Waals surface area contributed by atoms with Crippen molar-refractivity contribution < 1.29 is 19.7 Å². The van der Waals surface area contributed by atoms with Gasteiger partial charge in [-0.1, -0.05) is 11.6 Å². The summed E-state index contributed by atoms with van der Waals surface area (Å²) in [5.74, 6) is -0.0515. The van der Waals surface area contributed by atoms with Gasteiger partial charge >= 0.3 is 5.97 Å². The first-order valence-corrected chi connectivity index (χ1v) is 11.2. The van der Waals surface area contributed by atoms with Crippen LogP contribution in [0, 0.1) is 0 Å². The van der Waals surface area contributed by atoms with Crippen molar-refractivity contribution in [2.45, 2.75) is 13.3 Å². The Bertz CT molecular complexity index is 1260. The number of hydrogen-bond acceptors (Lipinski definition) is 6. The molecule has 1 aliphatic rings. The summed E-state index contributed by atoms with van der Waals surface area (Å²) < 4.78 is 5.54. The van der Waals surface area contributed by atoms with Crippen LogP contribution in [0.4, 0.5) is 5.69 Å². The van der Waals surface area contributed by atoms with Gasteiger partial charge in [0, 0.05) is 17.5 Å². The number of anilines is 1. The summed E-state index contributed by atoms with van der Waals surface area (Å²) >= 11 is 12.6. The molecule has 0 aliphatic carbocycles. The Morgan fingerprint density at radius 3 is 2.81 bits per heavy atom. The summed E-state index contributed by atoms with van der Waals surface area (Å²) in [5.41, 5.74) is 6.47. The molecule has 3 aromatic rings. The third-order valence-electron chi connectivity index (χ3n) is 4.89. The molecule has 0 spiro atoms. The van der Waals surface area contributed by atoms with Crippen LogP contribution in [0.25, 0.3) is 10.4 Å². The Labute approximate surface area is 198 Å². The molecule has 1 aliphatic heterocycles. The highest BCUT2D eigenvalue weighted by molar-refractivity contribution is 7.80. The van der Waals surface area contributed by atoms with Crippen LogP contribution < -0.4 is 15.5 Å². The number of halogens is 1. The maximum absolute atomic E-state index is 11.1. The van der Waals surface area contributed by atoms with Crippen molar-refractivity contribution in [3.05, 3.63) is 63.5 Å². The zero-order valence-electron chi connectivity index (χ0n) is 16.8. The molecule has 2 aromatic carbocycles. The van der Waals surface area contributed by atoms with Crippen molar-refractivity contribution in [3.8, 4) is 21.9 Å². The molecule has 4 N–H and O–H groups in total. The first-order chi connectivity index (χ1) is 15.3. The average Bonchev–Trinajstić information content (AvgIpc) is 3.37. The van der Waals surface area contributed by atoms with E-state index in [1.54, 1.807) is 13.0 Å². The quantitative estimate of drug-likeness (QED) is 0.225. The van der Waals surface area contributed by atoms with Crippen LogP contribution >= 0.6 is 35.2 Å². The molecule has 32 heavy (non-hydrogen) atoms. The average molecular weight is 488 g/mol. The molecule has 0 atom stereocenters. The van der Waals surface area contributed by atoms with Gasteiger partial charge < -0.3 is 20.3 Å². The molecular formula is C22H18ClN3O4S2. The number of carboxylic acid groups (broad SMARTS) is 1. The zero-order valence-corrected chi connectivity index (χ0v) is 19.2. The van der Waals surface area contributed by atoms with Crippen LogP contribution in [0.3, 0.4) is 0 Å². The lowest BCUT2D eigenvalue weighted by molar-refractivity contribution is 0.0697. The van der Waals surface area contributed by atoms with Crippen LogP contribution in [0.5, 0.6) is 11.5 Å². The second-order valence-electron chi connectivity index (χ2n) is 7.01. The van der Waals surface area contributed by atoms with Gasteiger partial charge in [0.1, 0.15) is 11.5 Å². The standard InChI is InChI=1S/C22H18ClN3O4S2/c1-11(25-26-22(31)24-14-3-4-15(21(28)29)17(23)9-14)16-10-32-20(19(16)27)13-2-5-18-12(8-13)6-7-30-18/h2-5,8-10,27H,6-7H2,1H3,(H,28,29)(H2,24,26,31)/b25-11+. The van der Waals surface area contributed by atoms with E-state index in [1.165, 1.54) is 23.5 Å². The van der Waals surface area contributed by atoms with E-state index in [2.05, 4.69) is 15.8 Å². The minimum absolute atomic E-state index is 0.00425. The Balaban J connectivity index is 1.45. The fraction of sp³-hybridized carbons (Fsp3) is 0.136. The molecule has 1 aromatic heterocycles. The number of ether oxygens (including phenoxy) is 1. The number of carbonyl (C=O) groups is 1. The van der Waals surface area contributed by atoms with E-state index in [9.17, 15) is 9.90 Å². The molecule has 0 unspecified atom stereocenters. The van der Waals surface area contributed by atoms with E-state index in [4.69, 9.17) is 33.7 Å². The van der Waals surface area contributed by atoms with Crippen molar-refractivity contribution in [1.29, 1.82) is 0 Å². The predicted octanol–water partition coefficient (Wildman–Crippen LogP) is 5.12. The number of benzene rings is 2. The molecule has 0 saturated heterocycles. The summed E-state index contributed by atoms with van der Waals surface area (Å²) in [6, 6.07) is 10.3. The van der Waals surface area contributed by atoms with Crippen molar-refractivity contribution >= 4 is 57.6 Å². The highest BCUT2D eigenvalue weighted by Crippen LogP contribution is 2.40. The molecule has 0 fully saturated rings. The van der Waals surface area contributed by atoms with Crippen LogP contribution in [-0.4, -0.2) is 33.6 Å². The fourth-order valence-corrected chi connectivity index (χ4v) is 4.69. The number of fused-ring (bicyclic) bond motifs is 1. The summed E-state index contributed by atoms with van der Waals surface area (Å²) in [5, 5.41) is 29.1. The summed E-state index contributed by atoms with van der Waals surface area (Å²) in [7, 11) is 0. The Morgan fingerprint density at radius 1 is 1.25 bits per heavy atom. The highest BCUT2D eigenvalue weighted by atomic mass is 35.5. The number of nitrogens with zero attached hydrogens (tertiary/aromatic N) is 1. The van der Waals surface area contributed by atoms with E-state index < -0.39 is 5.97 Å². The topological polar surface area (TPSA) is 103 Å². The number of carboxylic acids is 1. The summed E-state index contributed by atoms with van der Waals surface area (Å²) in [4.78, 5) is 11.8. The molecule has 10 heteroatoms. The first-order valence-electron chi connectivity index (χ1n) is 9.54. The van der Waals surface area contributed by atoms with Gasteiger partial charge in [0.25, 0.3) is 0 Å². The lowest BCUT2D eigenvalue weighted by Crippen LogP contribution is -2.25. The monoisotopic (exact) mass is 487 g/mol. The number of hydrazone groups is 1. The number of nitrogens with one attached hydrogen (secondary N) is 2. The molecule has 164 valence electrons. The van der Waals surface area contributed by atoms with E-state index >= 15 is 0 Å². The molecule has 0 amide bonds. The first kappa shape index (κ1) is 22.1. The minimum Gasteiger partial charge on any atom is -0.506 e. The molecule has 2 heterocycles. The Kier molecular flexibility index (Phi) is 6.31. The van der Waals surface area contributed by atoms with Crippen molar-refractivity contribution in [2.75, 3.05) is 11.9 Å². The number of aromatic hydroxyl groups is 1. The lowest BCUT2D eigenvalue weighted by atomic mass is 10.1. The SMILES string of the molecule is C/C(=N\NC(=S)Nc1ccc(C(=O)O)c(Cl)c1)c1csc(-c2ccc3c(c2)CCO3)c1O. The molecule has 0 bridgehead atoms.